The topological polar surface area (TPSA) is 139 Å². The van der Waals surface area contributed by atoms with Gasteiger partial charge in [-0.3, -0.25) is 10.1 Å². The number of azo groups is 1. The highest BCUT2D eigenvalue weighted by molar-refractivity contribution is 6.11. The van der Waals surface area contributed by atoms with Crippen LogP contribution in [-0.4, -0.2) is 39.0 Å². The van der Waals surface area contributed by atoms with Gasteiger partial charge in [-0.05, 0) is 29.7 Å². The van der Waals surface area contributed by atoms with Gasteiger partial charge in [-0.15, -0.1) is 10.2 Å². The van der Waals surface area contributed by atoms with Crippen molar-refractivity contribution in [3.05, 3.63) is 78.2 Å². The Balaban J connectivity index is 1.80. The first kappa shape index (κ1) is 20.5. The Kier molecular flexibility index (Phi) is 5.75. The Labute approximate surface area is 181 Å². The van der Waals surface area contributed by atoms with Crippen LogP contribution in [-0.2, 0) is 4.74 Å². The number of methoxy groups -OCH3 is 1. The molecule has 0 unspecified atom stereocenters. The molecule has 158 valence electrons. The number of pyridine rings is 1. The molecule has 2 heterocycles. The van der Waals surface area contributed by atoms with Gasteiger partial charge in [0.2, 0.25) is 5.95 Å². The SMILES string of the molecule is COC(=O)c1cccnc1/N=N/c1c(O)c(C(=O)Nc2ncccn2)cc2ccccc12. The van der Waals surface area contributed by atoms with Gasteiger partial charge in [-0.2, -0.15) is 0 Å². The standard InChI is InChI=1S/C22H16N6O4/c1-32-21(31)15-8-4-9-23-19(15)28-27-17-14-7-3-2-6-13(14)12-16(18(17)29)20(30)26-22-24-10-5-11-25-22/h2-12,29H,1H3,(H,24,25,26,30)/b28-27+. The monoisotopic (exact) mass is 428 g/mol. The molecule has 0 aliphatic carbocycles. The van der Waals surface area contributed by atoms with E-state index in [9.17, 15) is 14.7 Å². The summed E-state index contributed by atoms with van der Waals surface area (Å²) in [5, 5.41) is 22.8. The number of nitrogens with zero attached hydrogens (tertiary/aromatic N) is 5. The highest BCUT2D eigenvalue weighted by atomic mass is 16.5. The fourth-order valence-electron chi connectivity index (χ4n) is 2.97. The Morgan fingerprint density at radius 1 is 0.938 bits per heavy atom. The molecule has 1 amide bonds. The number of carbonyl (C=O) groups is 2. The van der Waals surface area contributed by atoms with E-state index >= 15 is 0 Å². The first-order valence-corrected chi connectivity index (χ1v) is 9.36. The van der Waals surface area contributed by atoms with Gasteiger partial charge in [0.25, 0.3) is 5.91 Å². The molecule has 0 atom stereocenters. The molecule has 4 aromatic rings. The molecule has 2 aromatic heterocycles. The largest absolute Gasteiger partial charge is 0.505 e. The third kappa shape index (κ3) is 4.10. The lowest BCUT2D eigenvalue weighted by Crippen LogP contribution is -2.14. The molecule has 0 fully saturated rings. The van der Waals surface area contributed by atoms with Crippen LogP contribution in [0.4, 0.5) is 17.5 Å². The average molecular weight is 428 g/mol. The van der Waals surface area contributed by atoms with E-state index in [1.807, 2.05) is 0 Å². The molecule has 2 N–H and O–H groups in total. The number of hydrogen-bond donors (Lipinski definition) is 2. The van der Waals surface area contributed by atoms with E-state index in [2.05, 4.69) is 30.5 Å². The normalized spacial score (nSPS) is 10.9. The number of ether oxygens (including phenoxy) is 1. The zero-order chi connectivity index (χ0) is 22.5. The van der Waals surface area contributed by atoms with Crippen LogP contribution >= 0.6 is 0 Å². The molecule has 10 nitrogen and oxygen atoms in total. The van der Waals surface area contributed by atoms with E-state index in [-0.39, 0.29) is 28.6 Å². The summed E-state index contributed by atoms with van der Waals surface area (Å²) < 4.78 is 4.74. The van der Waals surface area contributed by atoms with Crippen LogP contribution < -0.4 is 5.32 Å². The minimum Gasteiger partial charge on any atom is -0.505 e. The molecular formula is C22H16N6O4. The molecule has 2 aromatic carbocycles. The smallest absolute Gasteiger partial charge is 0.341 e. The zero-order valence-electron chi connectivity index (χ0n) is 16.8. The minimum atomic E-state index is -0.628. The maximum Gasteiger partial charge on any atom is 0.341 e. The number of hydrogen-bond acceptors (Lipinski definition) is 9. The Morgan fingerprint density at radius 2 is 1.69 bits per heavy atom. The Bertz CT molecular complexity index is 1340. The van der Waals surface area contributed by atoms with Crippen LogP contribution in [0.1, 0.15) is 20.7 Å². The third-order valence-electron chi connectivity index (χ3n) is 4.47. The van der Waals surface area contributed by atoms with Crippen molar-refractivity contribution >= 4 is 40.1 Å². The second-order valence-electron chi connectivity index (χ2n) is 6.44. The lowest BCUT2D eigenvalue weighted by molar-refractivity contribution is 0.0601. The maximum absolute atomic E-state index is 12.8. The molecule has 4 rings (SSSR count). The number of aromatic hydroxyl groups is 1. The predicted octanol–water partition coefficient (Wildman–Crippen LogP) is 4.18. The molecule has 0 aliphatic heterocycles. The lowest BCUT2D eigenvalue weighted by Gasteiger charge is -2.10. The van der Waals surface area contributed by atoms with Gasteiger partial charge in [-0.1, -0.05) is 24.3 Å². The van der Waals surface area contributed by atoms with Crippen LogP contribution in [0.25, 0.3) is 10.8 Å². The first-order chi connectivity index (χ1) is 15.6. The Hall–Kier alpha value is -4.73. The number of anilines is 1. The van der Waals surface area contributed by atoms with Gasteiger partial charge in [0.05, 0.1) is 12.7 Å². The highest BCUT2D eigenvalue weighted by Gasteiger charge is 2.20. The second kappa shape index (κ2) is 8.96. The van der Waals surface area contributed by atoms with E-state index < -0.39 is 17.6 Å². The van der Waals surface area contributed by atoms with Gasteiger partial charge in [0, 0.05) is 24.0 Å². The summed E-state index contributed by atoms with van der Waals surface area (Å²) in [4.78, 5) is 36.7. The summed E-state index contributed by atoms with van der Waals surface area (Å²) in [5.41, 5.74) is 0.112. The summed E-state index contributed by atoms with van der Waals surface area (Å²) in [5.74, 6) is -1.54. The van der Waals surface area contributed by atoms with Crippen LogP contribution in [0.2, 0.25) is 0 Å². The number of phenolic OH excluding ortho intramolecular Hbond substituents is 1. The van der Waals surface area contributed by atoms with E-state index in [0.717, 1.165) is 0 Å². The van der Waals surface area contributed by atoms with E-state index in [4.69, 9.17) is 4.74 Å². The Morgan fingerprint density at radius 3 is 2.47 bits per heavy atom. The summed E-state index contributed by atoms with van der Waals surface area (Å²) >= 11 is 0. The molecule has 0 aliphatic rings. The van der Waals surface area contributed by atoms with Gasteiger partial charge in [0.15, 0.2) is 11.6 Å². The molecular weight excluding hydrogens is 412 g/mol. The van der Waals surface area contributed by atoms with E-state index in [1.165, 1.54) is 37.8 Å². The average Bonchev–Trinajstić information content (AvgIpc) is 2.83. The van der Waals surface area contributed by atoms with Crippen molar-refractivity contribution in [3.63, 3.8) is 0 Å². The molecule has 32 heavy (non-hydrogen) atoms. The van der Waals surface area contributed by atoms with Crippen molar-refractivity contribution in [1.29, 1.82) is 0 Å². The number of phenols is 1. The number of nitrogens with one attached hydrogen (secondary N) is 1. The van der Waals surface area contributed by atoms with Gasteiger partial charge < -0.3 is 9.84 Å². The van der Waals surface area contributed by atoms with Crippen molar-refractivity contribution < 1.29 is 19.4 Å². The van der Waals surface area contributed by atoms with Gasteiger partial charge >= 0.3 is 5.97 Å². The third-order valence-corrected chi connectivity index (χ3v) is 4.47. The number of aromatic nitrogens is 3. The fourth-order valence-corrected chi connectivity index (χ4v) is 2.97. The van der Waals surface area contributed by atoms with Crippen molar-refractivity contribution in [1.82, 2.24) is 15.0 Å². The van der Waals surface area contributed by atoms with Crippen LogP contribution in [0.15, 0.2) is 77.3 Å². The number of benzene rings is 2. The van der Waals surface area contributed by atoms with Crippen molar-refractivity contribution in [2.45, 2.75) is 0 Å². The highest BCUT2D eigenvalue weighted by Crippen LogP contribution is 2.39. The van der Waals surface area contributed by atoms with Gasteiger partial charge in [-0.25, -0.2) is 19.7 Å². The number of rotatable bonds is 5. The fraction of sp³-hybridized carbons (Fsp3) is 0.0455. The molecule has 0 radical (unpaired) electrons. The van der Waals surface area contributed by atoms with Crippen molar-refractivity contribution in [2.24, 2.45) is 10.2 Å². The number of fused-ring (bicyclic) bond motifs is 1. The van der Waals surface area contributed by atoms with Crippen LogP contribution in [0.3, 0.4) is 0 Å². The summed E-state index contributed by atoms with van der Waals surface area (Å²) in [6, 6.07) is 13.2. The van der Waals surface area contributed by atoms with E-state index in [0.29, 0.717) is 10.8 Å². The van der Waals surface area contributed by atoms with Crippen LogP contribution in [0.5, 0.6) is 5.75 Å². The number of carbonyl (C=O) groups excluding carboxylic acids is 2. The molecule has 10 heteroatoms. The summed E-state index contributed by atoms with van der Waals surface area (Å²) in [6.07, 6.45) is 4.41. The lowest BCUT2D eigenvalue weighted by atomic mass is 10.0. The van der Waals surface area contributed by atoms with E-state index in [1.54, 1.807) is 36.4 Å². The first-order valence-electron chi connectivity index (χ1n) is 9.36. The molecule has 0 bridgehead atoms. The predicted molar refractivity (Wildman–Crippen MR) is 115 cm³/mol. The van der Waals surface area contributed by atoms with Crippen LogP contribution in [0, 0.1) is 0 Å². The summed E-state index contributed by atoms with van der Waals surface area (Å²) in [6.45, 7) is 0. The maximum atomic E-state index is 12.8. The summed E-state index contributed by atoms with van der Waals surface area (Å²) in [7, 11) is 1.24. The molecule has 0 saturated carbocycles. The number of amides is 1. The zero-order valence-corrected chi connectivity index (χ0v) is 16.8. The molecule has 0 spiro atoms. The number of esters is 1. The second-order valence-corrected chi connectivity index (χ2v) is 6.44. The molecule has 0 saturated heterocycles. The minimum absolute atomic E-state index is 0.00960. The quantitative estimate of drug-likeness (QED) is 0.359. The van der Waals surface area contributed by atoms with Gasteiger partial charge in [0.1, 0.15) is 11.3 Å². The van der Waals surface area contributed by atoms with Crippen molar-refractivity contribution in [2.75, 3.05) is 12.4 Å². The van der Waals surface area contributed by atoms with Crippen molar-refractivity contribution in [3.8, 4) is 5.75 Å².